The number of hydrogen-bond donors (Lipinski definition) is 0. The van der Waals surface area contributed by atoms with E-state index in [0.29, 0.717) is 6.61 Å². The molecule has 0 saturated carbocycles. The SMILES string of the molecule is CCOc1ccccc1-n1cnc(-c2c(-c3ccccc3)noc2C)c1. The summed E-state index contributed by atoms with van der Waals surface area (Å²) in [6.45, 7) is 4.49. The summed E-state index contributed by atoms with van der Waals surface area (Å²) >= 11 is 0. The summed E-state index contributed by atoms with van der Waals surface area (Å²) < 4.78 is 13.1. The summed E-state index contributed by atoms with van der Waals surface area (Å²) in [7, 11) is 0. The minimum absolute atomic E-state index is 0.613. The van der Waals surface area contributed by atoms with Crippen molar-refractivity contribution in [2.24, 2.45) is 0 Å². The van der Waals surface area contributed by atoms with Crippen LogP contribution in [0.15, 0.2) is 71.6 Å². The van der Waals surface area contributed by atoms with Crippen LogP contribution in [0.4, 0.5) is 0 Å². The molecule has 5 heteroatoms. The van der Waals surface area contributed by atoms with Crippen LogP contribution in [-0.4, -0.2) is 21.3 Å². The largest absolute Gasteiger partial charge is 0.492 e. The Labute approximate surface area is 151 Å². The number of hydrogen-bond acceptors (Lipinski definition) is 4. The lowest BCUT2D eigenvalue weighted by Crippen LogP contribution is -1.98. The number of imidazole rings is 1. The molecule has 0 aliphatic rings. The fraction of sp³-hybridized carbons (Fsp3) is 0.143. The zero-order valence-corrected chi connectivity index (χ0v) is 14.7. The van der Waals surface area contributed by atoms with Crippen LogP contribution in [0.25, 0.3) is 28.2 Å². The highest BCUT2D eigenvalue weighted by Gasteiger charge is 2.19. The van der Waals surface area contributed by atoms with Gasteiger partial charge in [0.2, 0.25) is 0 Å². The van der Waals surface area contributed by atoms with Gasteiger partial charge in [-0.1, -0.05) is 47.6 Å². The van der Waals surface area contributed by atoms with Crippen LogP contribution in [-0.2, 0) is 0 Å². The number of rotatable bonds is 5. The molecular formula is C21H19N3O2. The predicted molar refractivity (Wildman–Crippen MR) is 100 cm³/mol. The van der Waals surface area contributed by atoms with E-state index in [0.717, 1.165) is 39.7 Å². The number of nitrogens with zero attached hydrogens (tertiary/aromatic N) is 3. The molecule has 0 radical (unpaired) electrons. The third-order valence-corrected chi connectivity index (χ3v) is 4.19. The highest BCUT2D eigenvalue weighted by Crippen LogP contribution is 2.34. The average molecular weight is 345 g/mol. The van der Waals surface area contributed by atoms with Gasteiger partial charge in [-0.15, -0.1) is 0 Å². The third-order valence-electron chi connectivity index (χ3n) is 4.19. The van der Waals surface area contributed by atoms with Crippen molar-refractivity contribution in [3.63, 3.8) is 0 Å². The van der Waals surface area contributed by atoms with Crippen molar-refractivity contribution in [2.45, 2.75) is 13.8 Å². The number of aryl methyl sites for hydroxylation is 1. The fourth-order valence-corrected chi connectivity index (χ4v) is 3.00. The summed E-state index contributed by atoms with van der Waals surface area (Å²) in [6, 6.07) is 17.9. The third kappa shape index (κ3) is 2.88. The maximum Gasteiger partial charge on any atom is 0.143 e. The van der Waals surface area contributed by atoms with Gasteiger partial charge in [0.15, 0.2) is 0 Å². The first-order valence-electron chi connectivity index (χ1n) is 8.56. The lowest BCUT2D eigenvalue weighted by Gasteiger charge is -2.09. The Morgan fingerprint density at radius 3 is 2.62 bits per heavy atom. The first kappa shape index (κ1) is 16.1. The Morgan fingerprint density at radius 2 is 1.81 bits per heavy atom. The number of para-hydroxylation sites is 2. The van der Waals surface area contributed by atoms with Gasteiger partial charge in [0.1, 0.15) is 23.5 Å². The van der Waals surface area contributed by atoms with E-state index in [1.807, 2.05) is 79.2 Å². The standard InChI is InChI=1S/C21H19N3O2/c1-3-25-19-12-8-7-11-18(19)24-13-17(22-14-24)20-15(2)26-23-21(20)16-9-5-4-6-10-16/h4-14H,3H2,1-2H3. The van der Waals surface area contributed by atoms with E-state index < -0.39 is 0 Å². The number of aromatic nitrogens is 3. The Kier molecular flexibility index (Phi) is 4.27. The summed E-state index contributed by atoms with van der Waals surface area (Å²) in [5.74, 6) is 1.57. The smallest absolute Gasteiger partial charge is 0.143 e. The Hall–Kier alpha value is -3.34. The van der Waals surface area contributed by atoms with E-state index in [-0.39, 0.29) is 0 Å². The molecule has 4 rings (SSSR count). The Balaban J connectivity index is 1.78. The van der Waals surface area contributed by atoms with E-state index >= 15 is 0 Å². The van der Waals surface area contributed by atoms with Crippen LogP contribution in [0.1, 0.15) is 12.7 Å². The topological polar surface area (TPSA) is 53.1 Å². The lowest BCUT2D eigenvalue weighted by atomic mass is 10.0. The van der Waals surface area contributed by atoms with E-state index in [4.69, 9.17) is 9.26 Å². The molecule has 0 amide bonds. The Bertz CT molecular complexity index is 1020. The van der Waals surface area contributed by atoms with Gasteiger partial charge in [0, 0.05) is 11.8 Å². The second-order valence-corrected chi connectivity index (χ2v) is 5.90. The molecule has 130 valence electrons. The monoisotopic (exact) mass is 345 g/mol. The molecule has 0 fully saturated rings. The zero-order chi connectivity index (χ0) is 17.9. The molecule has 2 aromatic carbocycles. The van der Waals surface area contributed by atoms with E-state index in [1.165, 1.54) is 0 Å². The minimum Gasteiger partial charge on any atom is -0.492 e. The van der Waals surface area contributed by atoms with E-state index in [1.54, 1.807) is 6.33 Å². The van der Waals surface area contributed by atoms with Gasteiger partial charge < -0.3 is 13.8 Å². The first-order chi connectivity index (χ1) is 12.8. The van der Waals surface area contributed by atoms with Crippen molar-refractivity contribution in [2.75, 3.05) is 6.61 Å². The molecular weight excluding hydrogens is 326 g/mol. The fourth-order valence-electron chi connectivity index (χ4n) is 3.00. The van der Waals surface area contributed by atoms with Gasteiger partial charge in [-0.25, -0.2) is 4.98 Å². The molecule has 0 saturated heterocycles. The van der Waals surface area contributed by atoms with Gasteiger partial charge in [-0.05, 0) is 26.0 Å². The van der Waals surface area contributed by atoms with Crippen LogP contribution >= 0.6 is 0 Å². The molecule has 0 atom stereocenters. The molecule has 2 aromatic heterocycles. The summed E-state index contributed by atoms with van der Waals surface area (Å²) in [6.07, 6.45) is 3.76. The highest BCUT2D eigenvalue weighted by molar-refractivity contribution is 5.80. The first-order valence-corrected chi connectivity index (χ1v) is 8.56. The summed E-state index contributed by atoms with van der Waals surface area (Å²) in [5.41, 5.74) is 4.47. The predicted octanol–water partition coefficient (Wildman–Crippen LogP) is 4.90. The van der Waals surface area contributed by atoms with Crippen molar-refractivity contribution in [3.05, 3.63) is 72.9 Å². The second-order valence-electron chi connectivity index (χ2n) is 5.90. The number of ether oxygens (including phenoxy) is 1. The number of benzene rings is 2. The molecule has 0 unspecified atom stereocenters. The maximum absolute atomic E-state index is 5.73. The molecule has 0 aliphatic carbocycles. The zero-order valence-electron chi connectivity index (χ0n) is 14.7. The van der Waals surface area contributed by atoms with Gasteiger partial charge in [0.25, 0.3) is 0 Å². The minimum atomic E-state index is 0.613. The summed E-state index contributed by atoms with van der Waals surface area (Å²) in [5, 5.41) is 4.24. The maximum atomic E-state index is 5.73. The van der Waals surface area contributed by atoms with Gasteiger partial charge in [0.05, 0.1) is 23.6 Å². The molecule has 0 spiro atoms. The van der Waals surface area contributed by atoms with E-state index in [9.17, 15) is 0 Å². The van der Waals surface area contributed by atoms with Crippen molar-refractivity contribution in [3.8, 4) is 34.0 Å². The Morgan fingerprint density at radius 1 is 1.04 bits per heavy atom. The normalized spacial score (nSPS) is 10.8. The van der Waals surface area contributed by atoms with Gasteiger partial charge in [-0.3, -0.25) is 0 Å². The average Bonchev–Trinajstić information content (AvgIpc) is 3.30. The molecule has 2 heterocycles. The van der Waals surface area contributed by atoms with Crippen molar-refractivity contribution in [1.82, 2.24) is 14.7 Å². The highest BCUT2D eigenvalue weighted by atomic mass is 16.5. The lowest BCUT2D eigenvalue weighted by molar-refractivity contribution is 0.339. The molecule has 0 N–H and O–H groups in total. The van der Waals surface area contributed by atoms with Crippen molar-refractivity contribution < 1.29 is 9.26 Å². The van der Waals surface area contributed by atoms with Crippen LogP contribution in [0.5, 0.6) is 5.75 Å². The molecule has 0 bridgehead atoms. The summed E-state index contributed by atoms with van der Waals surface area (Å²) in [4.78, 5) is 4.59. The van der Waals surface area contributed by atoms with Gasteiger partial charge >= 0.3 is 0 Å². The quantitative estimate of drug-likeness (QED) is 0.516. The van der Waals surface area contributed by atoms with Crippen LogP contribution in [0.2, 0.25) is 0 Å². The van der Waals surface area contributed by atoms with Gasteiger partial charge in [-0.2, -0.15) is 0 Å². The van der Waals surface area contributed by atoms with Crippen LogP contribution in [0.3, 0.4) is 0 Å². The van der Waals surface area contributed by atoms with Crippen molar-refractivity contribution >= 4 is 0 Å². The molecule has 5 nitrogen and oxygen atoms in total. The molecule has 4 aromatic rings. The molecule has 0 aliphatic heterocycles. The van der Waals surface area contributed by atoms with E-state index in [2.05, 4.69) is 10.1 Å². The van der Waals surface area contributed by atoms with Crippen LogP contribution in [0, 0.1) is 6.92 Å². The second kappa shape index (κ2) is 6.88. The van der Waals surface area contributed by atoms with Crippen LogP contribution < -0.4 is 4.74 Å². The molecule has 26 heavy (non-hydrogen) atoms. The van der Waals surface area contributed by atoms with Crippen molar-refractivity contribution in [1.29, 1.82) is 0 Å².